The Hall–Kier alpha value is -1.88. The Morgan fingerprint density at radius 1 is 1.29 bits per heavy atom. The van der Waals surface area contributed by atoms with E-state index in [0.717, 1.165) is 52.4 Å². The van der Waals surface area contributed by atoms with Crippen molar-refractivity contribution in [2.45, 2.75) is 24.9 Å². The van der Waals surface area contributed by atoms with Crippen LogP contribution < -0.4 is 4.90 Å². The molecule has 1 saturated carbocycles. The average Bonchev–Trinajstić information content (AvgIpc) is 3.38. The number of hydrogen-bond acceptors (Lipinski definition) is 4. The van der Waals surface area contributed by atoms with Crippen molar-refractivity contribution in [1.29, 1.82) is 0 Å². The van der Waals surface area contributed by atoms with Crippen molar-refractivity contribution in [3.63, 3.8) is 0 Å². The van der Waals surface area contributed by atoms with Crippen molar-refractivity contribution in [3.05, 3.63) is 41.2 Å². The molecule has 0 bridgehead atoms. The molecule has 0 unspecified atom stereocenters. The minimum Gasteiger partial charge on any atom is -0.352 e. The number of halogens is 1. The summed E-state index contributed by atoms with van der Waals surface area (Å²) >= 11 is 1.55. The SMILES string of the molecule is CSc1nc(-c2ccc(F)cc2C)c2c(n1)N(CC1CC1)CC=C2. The molecule has 0 amide bonds. The van der Waals surface area contributed by atoms with Crippen LogP contribution in [0.5, 0.6) is 0 Å². The summed E-state index contributed by atoms with van der Waals surface area (Å²) in [6.45, 7) is 3.89. The molecule has 1 fully saturated rings. The zero-order chi connectivity index (χ0) is 16.7. The monoisotopic (exact) mass is 341 g/mol. The number of anilines is 1. The Bertz CT molecular complexity index is 814. The van der Waals surface area contributed by atoms with E-state index in [2.05, 4.69) is 17.1 Å². The van der Waals surface area contributed by atoms with Gasteiger partial charge in [-0.25, -0.2) is 14.4 Å². The van der Waals surface area contributed by atoms with Crippen LogP contribution >= 0.6 is 11.8 Å². The van der Waals surface area contributed by atoms with Gasteiger partial charge in [-0.2, -0.15) is 0 Å². The molecule has 124 valence electrons. The van der Waals surface area contributed by atoms with E-state index in [1.807, 2.05) is 19.2 Å². The molecule has 2 aromatic rings. The van der Waals surface area contributed by atoms with Crippen molar-refractivity contribution in [1.82, 2.24) is 9.97 Å². The zero-order valence-electron chi connectivity index (χ0n) is 13.9. The van der Waals surface area contributed by atoms with Crippen LogP contribution in [0.2, 0.25) is 0 Å². The van der Waals surface area contributed by atoms with Gasteiger partial charge in [-0.3, -0.25) is 0 Å². The standard InChI is InChI=1S/C19H20FN3S/c1-12-10-14(20)7-8-15(12)17-16-4-3-9-23(11-13-5-6-13)18(16)22-19(21-17)24-2/h3-4,7-8,10,13H,5-6,9,11H2,1-2H3. The van der Waals surface area contributed by atoms with Crippen molar-refractivity contribution < 1.29 is 4.39 Å². The summed E-state index contributed by atoms with van der Waals surface area (Å²) < 4.78 is 13.5. The molecule has 2 heterocycles. The molecule has 5 heteroatoms. The summed E-state index contributed by atoms with van der Waals surface area (Å²) in [5, 5.41) is 0.767. The van der Waals surface area contributed by atoms with Crippen molar-refractivity contribution >= 4 is 23.7 Å². The van der Waals surface area contributed by atoms with Gasteiger partial charge in [0.1, 0.15) is 11.6 Å². The fourth-order valence-electron chi connectivity index (χ4n) is 3.18. The Labute approximate surface area is 146 Å². The van der Waals surface area contributed by atoms with E-state index in [4.69, 9.17) is 9.97 Å². The van der Waals surface area contributed by atoms with Gasteiger partial charge < -0.3 is 4.90 Å². The van der Waals surface area contributed by atoms with Crippen LogP contribution in [-0.4, -0.2) is 29.3 Å². The summed E-state index contributed by atoms with van der Waals surface area (Å²) in [4.78, 5) is 11.9. The van der Waals surface area contributed by atoms with Crippen molar-refractivity contribution in [2.24, 2.45) is 5.92 Å². The summed E-state index contributed by atoms with van der Waals surface area (Å²) in [6, 6.07) is 4.90. The second-order valence-corrected chi connectivity index (χ2v) is 7.28. The van der Waals surface area contributed by atoms with E-state index in [-0.39, 0.29) is 5.82 Å². The summed E-state index contributed by atoms with van der Waals surface area (Å²) in [6.07, 6.45) is 8.92. The minimum absolute atomic E-state index is 0.213. The lowest BCUT2D eigenvalue weighted by molar-refractivity contribution is 0.627. The Kier molecular flexibility index (Phi) is 4.04. The van der Waals surface area contributed by atoms with Crippen LogP contribution in [-0.2, 0) is 0 Å². The normalized spacial score (nSPS) is 16.4. The van der Waals surface area contributed by atoms with Gasteiger partial charge in [0, 0.05) is 24.2 Å². The molecule has 0 spiro atoms. The van der Waals surface area contributed by atoms with Gasteiger partial charge in [0.25, 0.3) is 0 Å². The first kappa shape index (κ1) is 15.6. The van der Waals surface area contributed by atoms with E-state index in [9.17, 15) is 4.39 Å². The second kappa shape index (κ2) is 6.20. The van der Waals surface area contributed by atoms with Crippen LogP contribution in [0.1, 0.15) is 24.0 Å². The number of benzene rings is 1. The molecule has 3 nitrogen and oxygen atoms in total. The van der Waals surface area contributed by atoms with Gasteiger partial charge in [0.05, 0.1) is 5.69 Å². The molecule has 4 rings (SSSR count). The van der Waals surface area contributed by atoms with Crippen LogP contribution in [0.3, 0.4) is 0 Å². The third-order valence-corrected chi connectivity index (χ3v) is 5.16. The first-order valence-electron chi connectivity index (χ1n) is 8.29. The molecule has 0 atom stereocenters. The molecule has 1 aromatic carbocycles. The molecular formula is C19H20FN3S. The molecule has 1 aliphatic heterocycles. The van der Waals surface area contributed by atoms with Gasteiger partial charge in [-0.05, 0) is 55.7 Å². The number of thioether (sulfide) groups is 1. The van der Waals surface area contributed by atoms with Crippen LogP contribution in [0.15, 0.2) is 29.4 Å². The Morgan fingerprint density at radius 3 is 2.83 bits per heavy atom. The van der Waals surface area contributed by atoms with Gasteiger partial charge in [-0.1, -0.05) is 23.9 Å². The number of hydrogen-bond donors (Lipinski definition) is 0. The molecule has 24 heavy (non-hydrogen) atoms. The minimum atomic E-state index is -0.213. The molecule has 0 radical (unpaired) electrons. The van der Waals surface area contributed by atoms with Crippen LogP contribution in [0, 0.1) is 18.7 Å². The molecule has 1 aromatic heterocycles. The number of aryl methyl sites for hydroxylation is 1. The highest BCUT2D eigenvalue weighted by atomic mass is 32.2. The second-order valence-electron chi connectivity index (χ2n) is 6.51. The van der Waals surface area contributed by atoms with Gasteiger partial charge in [0.15, 0.2) is 5.16 Å². The summed E-state index contributed by atoms with van der Waals surface area (Å²) in [7, 11) is 0. The number of rotatable bonds is 4. The molecular weight excluding hydrogens is 321 g/mol. The lowest BCUT2D eigenvalue weighted by atomic mass is 9.99. The zero-order valence-corrected chi connectivity index (χ0v) is 14.7. The Morgan fingerprint density at radius 2 is 2.12 bits per heavy atom. The predicted octanol–water partition coefficient (Wildman–Crippen LogP) is 4.56. The van der Waals surface area contributed by atoms with E-state index < -0.39 is 0 Å². The lowest BCUT2D eigenvalue weighted by Crippen LogP contribution is -2.30. The molecule has 2 aliphatic rings. The molecule has 0 N–H and O–H groups in total. The van der Waals surface area contributed by atoms with E-state index >= 15 is 0 Å². The average molecular weight is 341 g/mol. The quantitative estimate of drug-likeness (QED) is 0.602. The topological polar surface area (TPSA) is 29.0 Å². The van der Waals surface area contributed by atoms with Gasteiger partial charge in [0.2, 0.25) is 0 Å². The first-order chi connectivity index (χ1) is 11.7. The maximum absolute atomic E-state index is 13.5. The van der Waals surface area contributed by atoms with Gasteiger partial charge in [-0.15, -0.1) is 0 Å². The number of aromatic nitrogens is 2. The Balaban J connectivity index is 1.86. The maximum atomic E-state index is 13.5. The lowest BCUT2D eigenvalue weighted by Gasteiger charge is -2.28. The van der Waals surface area contributed by atoms with Crippen LogP contribution in [0.4, 0.5) is 10.2 Å². The van der Waals surface area contributed by atoms with Gasteiger partial charge >= 0.3 is 0 Å². The molecule has 0 saturated heterocycles. The molecule has 1 aliphatic carbocycles. The third kappa shape index (κ3) is 2.93. The summed E-state index contributed by atoms with van der Waals surface area (Å²) in [5.74, 6) is 1.60. The van der Waals surface area contributed by atoms with E-state index in [1.165, 1.54) is 18.9 Å². The van der Waals surface area contributed by atoms with Crippen LogP contribution in [0.25, 0.3) is 17.3 Å². The number of fused-ring (bicyclic) bond motifs is 1. The largest absolute Gasteiger partial charge is 0.352 e. The van der Waals surface area contributed by atoms with Crippen molar-refractivity contribution in [2.75, 3.05) is 24.2 Å². The fourth-order valence-corrected chi connectivity index (χ4v) is 3.54. The predicted molar refractivity (Wildman–Crippen MR) is 97.9 cm³/mol. The van der Waals surface area contributed by atoms with E-state index in [1.54, 1.807) is 17.8 Å². The summed E-state index contributed by atoms with van der Waals surface area (Å²) in [5.41, 5.74) is 3.83. The fraction of sp³-hybridized carbons (Fsp3) is 0.368. The smallest absolute Gasteiger partial charge is 0.189 e. The highest BCUT2D eigenvalue weighted by molar-refractivity contribution is 7.98. The van der Waals surface area contributed by atoms with Crippen molar-refractivity contribution in [3.8, 4) is 11.3 Å². The third-order valence-electron chi connectivity index (χ3n) is 4.62. The first-order valence-corrected chi connectivity index (χ1v) is 9.52. The van der Waals surface area contributed by atoms with E-state index in [0.29, 0.717) is 0 Å². The number of nitrogens with zero attached hydrogens (tertiary/aromatic N) is 3. The highest BCUT2D eigenvalue weighted by Gasteiger charge is 2.28. The maximum Gasteiger partial charge on any atom is 0.189 e. The highest BCUT2D eigenvalue weighted by Crippen LogP contribution is 2.38.